The molecule has 0 saturated heterocycles. The van der Waals surface area contributed by atoms with Crippen LogP contribution < -0.4 is 5.32 Å². The smallest absolute Gasteiger partial charge is 0.257 e. The monoisotopic (exact) mass is 304 g/mol. The summed E-state index contributed by atoms with van der Waals surface area (Å²) in [5, 5.41) is 14.5. The molecule has 0 spiro atoms. The van der Waals surface area contributed by atoms with E-state index >= 15 is 0 Å². The molecule has 21 heavy (non-hydrogen) atoms. The average Bonchev–Trinajstić information content (AvgIpc) is 2.86. The van der Waals surface area contributed by atoms with Gasteiger partial charge in [0.2, 0.25) is 0 Å². The van der Waals surface area contributed by atoms with Crippen LogP contribution in [0.1, 0.15) is 55.4 Å². The third-order valence-corrected chi connectivity index (χ3v) is 3.93. The third-order valence-electron chi connectivity index (χ3n) is 3.15. The highest BCUT2D eigenvalue weighted by atomic mass is 32.1. The van der Waals surface area contributed by atoms with Crippen molar-refractivity contribution in [1.82, 2.24) is 4.98 Å². The molecule has 1 aromatic heterocycles. The lowest BCUT2D eigenvalue weighted by Gasteiger charge is -2.22. The summed E-state index contributed by atoms with van der Waals surface area (Å²) in [5.41, 5.74) is 2.11. The number of rotatable bonds is 3. The second kappa shape index (κ2) is 5.95. The van der Waals surface area contributed by atoms with E-state index in [2.05, 4.69) is 31.1 Å². The molecule has 2 aromatic rings. The topological polar surface area (TPSA) is 62.2 Å². The molecule has 1 heterocycles. The zero-order chi connectivity index (χ0) is 15.6. The molecular weight excluding hydrogens is 284 g/mol. The Morgan fingerprint density at radius 2 is 2.00 bits per heavy atom. The Labute approximate surface area is 128 Å². The van der Waals surface area contributed by atoms with E-state index in [-0.39, 0.29) is 11.3 Å². The quantitative estimate of drug-likeness (QED) is 0.908. The minimum Gasteiger partial charge on any atom is -0.387 e. The van der Waals surface area contributed by atoms with Crippen LogP contribution in [0.5, 0.6) is 0 Å². The number of benzene rings is 1. The summed E-state index contributed by atoms with van der Waals surface area (Å²) in [6.07, 6.45) is -0.631. The summed E-state index contributed by atoms with van der Waals surface area (Å²) < 4.78 is 0. The molecule has 1 amide bonds. The number of nitrogens with one attached hydrogen (secondary N) is 1. The molecule has 0 radical (unpaired) electrons. The fourth-order valence-corrected chi connectivity index (χ4v) is 2.83. The van der Waals surface area contributed by atoms with Gasteiger partial charge in [-0.3, -0.25) is 10.1 Å². The Hall–Kier alpha value is -1.72. The zero-order valence-corrected chi connectivity index (χ0v) is 13.5. The molecule has 2 N–H and O–H groups in total. The zero-order valence-electron chi connectivity index (χ0n) is 12.7. The van der Waals surface area contributed by atoms with Gasteiger partial charge in [-0.2, -0.15) is 0 Å². The molecule has 5 heteroatoms. The summed E-state index contributed by atoms with van der Waals surface area (Å²) >= 11 is 1.31. The number of aromatic nitrogens is 1. The van der Waals surface area contributed by atoms with Gasteiger partial charge in [0.25, 0.3) is 5.91 Å². The van der Waals surface area contributed by atoms with E-state index in [0.29, 0.717) is 16.4 Å². The minimum absolute atomic E-state index is 0.110. The highest BCUT2D eigenvalue weighted by Gasteiger charge is 2.21. The van der Waals surface area contributed by atoms with Gasteiger partial charge in [-0.05, 0) is 24.0 Å². The van der Waals surface area contributed by atoms with Gasteiger partial charge in [-0.25, -0.2) is 4.98 Å². The maximum absolute atomic E-state index is 12.5. The molecule has 0 aliphatic rings. The first kappa shape index (κ1) is 15.7. The van der Waals surface area contributed by atoms with E-state index in [1.807, 2.05) is 24.3 Å². The van der Waals surface area contributed by atoms with Crippen LogP contribution in [0.15, 0.2) is 29.6 Å². The Bertz CT molecular complexity index is 642. The van der Waals surface area contributed by atoms with E-state index < -0.39 is 6.10 Å². The van der Waals surface area contributed by atoms with Crippen molar-refractivity contribution >= 4 is 22.4 Å². The lowest BCUT2D eigenvalue weighted by Crippen LogP contribution is -2.20. The van der Waals surface area contributed by atoms with Crippen molar-refractivity contribution < 1.29 is 9.90 Å². The molecule has 1 aromatic carbocycles. The highest BCUT2D eigenvalue weighted by molar-refractivity contribution is 7.14. The lowest BCUT2D eigenvalue weighted by molar-refractivity contribution is 0.102. The van der Waals surface area contributed by atoms with Gasteiger partial charge in [0.1, 0.15) is 0 Å². The highest BCUT2D eigenvalue weighted by Crippen LogP contribution is 2.27. The molecule has 4 nitrogen and oxygen atoms in total. The van der Waals surface area contributed by atoms with Crippen LogP contribution in [-0.2, 0) is 5.41 Å². The lowest BCUT2D eigenvalue weighted by atomic mass is 9.83. The summed E-state index contributed by atoms with van der Waals surface area (Å²) in [4.78, 5) is 16.7. The number of aliphatic hydroxyl groups is 1. The van der Waals surface area contributed by atoms with Gasteiger partial charge in [0, 0.05) is 10.9 Å². The van der Waals surface area contributed by atoms with Gasteiger partial charge in [0.05, 0.1) is 11.8 Å². The molecule has 0 bridgehead atoms. The minimum atomic E-state index is -0.631. The second-order valence-corrected chi connectivity index (χ2v) is 6.86. The van der Waals surface area contributed by atoms with Crippen molar-refractivity contribution in [2.24, 2.45) is 0 Å². The molecule has 1 unspecified atom stereocenters. The summed E-state index contributed by atoms with van der Waals surface area (Å²) in [7, 11) is 0. The van der Waals surface area contributed by atoms with E-state index in [1.54, 1.807) is 12.3 Å². The van der Waals surface area contributed by atoms with Crippen LogP contribution in [-0.4, -0.2) is 16.0 Å². The van der Waals surface area contributed by atoms with Crippen LogP contribution >= 0.6 is 11.3 Å². The summed E-state index contributed by atoms with van der Waals surface area (Å²) in [6.45, 7) is 7.88. The van der Waals surface area contributed by atoms with Gasteiger partial charge in [-0.15, -0.1) is 11.3 Å². The van der Waals surface area contributed by atoms with Crippen molar-refractivity contribution in [2.75, 3.05) is 5.32 Å². The van der Waals surface area contributed by atoms with Crippen LogP contribution in [0.3, 0.4) is 0 Å². The number of aliphatic hydroxyl groups excluding tert-OH is 1. The fourth-order valence-electron chi connectivity index (χ4n) is 2.04. The van der Waals surface area contributed by atoms with Crippen molar-refractivity contribution in [3.05, 3.63) is 46.5 Å². The van der Waals surface area contributed by atoms with Gasteiger partial charge in [0.15, 0.2) is 5.13 Å². The maximum atomic E-state index is 12.5. The van der Waals surface area contributed by atoms with Crippen molar-refractivity contribution in [3.8, 4) is 0 Å². The summed E-state index contributed by atoms with van der Waals surface area (Å²) in [5.74, 6) is -0.174. The van der Waals surface area contributed by atoms with Gasteiger partial charge < -0.3 is 5.11 Å². The maximum Gasteiger partial charge on any atom is 0.257 e. The predicted molar refractivity (Wildman–Crippen MR) is 85.8 cm³/mol. The Balaban J connectivity index is 2.24. The number of amides is 1. The average molecular weight is 304 g/mol. The molecule has 112 valence electrons. The SMILES string of the molecule is CC(O)c1csc(NC(=O)c2ccccc2C(C)(C)C)n1. The fraction of sp³-hybridized carbons (Fsp3) is 0.375. The largest absolute Gasteiger partial charge is 0.387 e. The predicted octanol–water partition coefficient (Wildman–Crippen LogP) is 3.75. The molecule has 1 atom stereocenters. The molecule has 2 rings (SSSR count). The van der Waals surface area contributed by atoms with Crippen LogP contribution in [0, 0.1) is 0 Å². The number of nitrogens with zero attached hydrogens (tertiary/aromatic N) is 1. The van der Waals surface area contributed by atoms with Gasteiger partial charge in [-0.1, -0.05) is 39.0 Å². The first-order valence-electron chi connectivity index (χ1n) is 6.83. The van der Waals surface area contributed by atoms with Crippen LogP contribution in [0.2, 0.25) is 0 Å². The van der Waals surface area contributed by atoms with Crippen LogP contribution in [0.4, 0.5) is 5.13 Å². The molecule has 0 aliphatic heterocycles. The molecular formula is C16H20N2O2S. The number of carbonyl (C=O) groups is 1. The van der Waals surface area contributed by atoms with E-state index in [0.717, 1.165) is 5.56 Å². The number of carbonyl (C=O) groups excluding carboxylic acids is 1. The second-order valence-electron chi connectivity index (χ2n) is 6.00. The Morgan fingerprint density at radius 1 is 1.33 bits per heavy atom. The number of hydrogen-bond acceptors (Lipinski definition) is 4. The Morgan fingerprint density at radius 3 is 2.57 bits per heavy atom. The summed E-state index contributed by atoms with van der Waals surface area (Å²) in [6, 6.07) is 7.58. The van der Waals surface area contributed by atoms with Crippen molar-refractivity contribution in [2.45, 2.75) is 39.2 Å². The standard InChI is InChI=1S/C16H20N2O2S/c1-10(19)13-9-21-15(17-13)18-14(20)11-7-5-6-8-12(11)16(2,3)4/h5-10,19H,1-4H3,(H,17,18,20). The van der Waals surface area contributed by atoms with Crippen molar-refractivity contribution in [3.63, 3.8) is 0 Å². The van der Waals surface area contributed by atoms with Crippen LogP contribution in [0.25, 0.3) is 0 Å². The van der Waals surface area contributed by atoms with E-state index in [9.17, 15) is 9.90 Å². The van der Waals surface area contributed by atoms with E-state index in [1.165, 1.54) is 11.3 Å². The first-order chi connectivity index (χ1) is 9.79. The number of hydrogen-bond donors (Lipinski definition) is 2. The molecule has 0 saturated carbocycles. The van der Waals surface area contributed by atoms with Crippen molar-refractivity contribution in [1.29, 1.82) is 0 Å². The Kier molecular flexibility index (Phi) is 4.44. The number of anilines is 1. The van der Waals surface area contributed by atoms with E-state index in [4.69, 9.17) is 0 Å². The molecule has 0 aliphatic carbocycles. The molecule has 0 fully saturated rings. The third kappa shape index (κ3) is 3.68. The normalized spacial score (nSPS) is 13.0. The van der Waals surface area contributed by atoms with Gasteiger partial charge >= 0.3 is 0 Å². The number of thiazole rings is 1. The first-order valence-corrected chi connectivity index (χ1v) is 7.71.